The zero-order valence-corrected chi connectivity index (χ0v) is 13.2. The minimum atomic E-state index is 0.591. The Bertz CT molecular complexity index is 230. The van der Waals surface area contributed by atoms with Crippen molar-refractivity contribution in [3.8, 4) is 0 Å². The Morgan fingerprint density at radius 3 is 2.44 bits per heavy atom. The molecule has 0 saturated carbocycles. The van der Waals surface area contributed by atoms with Gasteiger partial charge >= 0.3 is 0 Å². The van der Waals surface area contributed by atoms with Gasteiger partial charge in [-0.3, -0.25) is 0 Å². The van der Waals surface area contributed by atoms with Crippen molar-refractivity contribution in [3.63, 3.8) is 0 Å². The molecule has 108 valence electrons. The van der Waals surface area contributed by atoms with Gasteiger partial charge in [-0.2, -0.15) is 0 Å². The summed E-state index contributed by atoms with van der Waals surface area (Å²) in [6, 6.07) is 1.25. The monoisotopic (exact) mass is 255 g/mol. The summed E-state index contributed by atoms with van der Waals surface area (Å²) >= 11 is 0. The van der Waals surface area contributed by atoms with Crippen LogP contribution in [0, 0.1) is 11.8 Å². The molecule has 1 fully saturated rings. The van der Waals surface area contributed by atoms with Crippen molar-refractivity contribution in [2.45, 2.75) is 46.2 Å². The van der Waals surface area contributed by atoms with E-state index in [-0.39, 0.29) is 0 Å². The molecule has 1 N–H and O–H groups in total. The van der Waals surface area contributed by atoms with Gasteiger partial charge in [0.2, 0.25) is 0 Å². The van der Waals surface area contributed by atoms with Gasteiger partial charge in [0.1, 0.15) is 0 Å². The molecule has 0 aromatic rings. The minimum absolute atomic E-state index is 0.591. The molecular formula is C15H33N3. The van der Waals surface area contributed by atoms with Gasteiger partial charge in [-0.15, -0.1) is 0 Å². The largest absolute Gasteiger partial charge is 0.314 e. The summed E-state index contributed by atoms with van der Waals surface area (Å²) in [5, 5.41) is 3.55. The van der Waals surface area contributed by atoms with Gasteiger partial charge in [0, 0.05) is 25.2 Å². The van der Waals surface area contributed by atoms with E-state index in [0.717, 1.165) is 12.5 Å². The Hall–Kier alpha value is -0.120. The lowest BCUT2D eigenvalue weighted by molar-refractivity contribution is 0.169. The molecule has 0 bridgehead atoms. The Labute approximate surface area is 114 Å². The highest BCUT2D eigenvalue weighted by molar-refractivity contribution is 4.79. The summed E-state index contributed by atoms with van der Waals surface area (Å²) in [5.74, 6) is 1.57. The molecule has 3 unspecified atom stereocenters. The number of likely N-dealkylation sites (tertiary alicyclic amines) is 1. The van der Waals surface area contributed by atoms with E-state index in [1.807, 2.05) is 0 Å². The molecule has 0 radical (unpaired) electrons. The first-order valence-electron chi connectivity index (χ1n) is 7.52. The van der Waals surface area contributed by atoms with Gasteiger partial charge in [0.25, 0.3) is 0 Å². The molecule has 18 heavy (non-hydrogen) atoms. The second kappa shape index (κ2) is 7.46. The molecule has 0 aromatic carbocycles. The van der Waals surface area contributed by atoms with Gasteiger partial charge in [0.05, 0.1) is 0 Å². The summed E-state index contributed by atoms with van der Waals surface area (Å²) in [7, 11) is 4.52. The van der Waals surface area contributed by atoms with Gasteiger partial charge in [0.15, 0.2) is 0 Å². The predicted octanol–water partition coefficient (Wildman–Crippen LogP) is 1.89. The lowest BCUT2D eigenvalue weighted by Gasteiger charge is -2.32. The molecule has 0 aromatic heterocycles. The highest BCUT2D eigenvalue weighted by Crippen LogP contribution is 2.18. The van der Waals surface area contributed by atoms with E-state index in [1.54, 1.807) is 0 Å². The number of hydrogen-bond acceptors (Lipinski definition) is 3. The average molecular weight is 255 g/mol. The zero-order valence-electron chi connectivity index (χ0n) is 13.2. The van der Waals surface area contributed by atoms with Crippen molar-refractivity contribution in [1.29, 1.82) is 0 Å². The molecule has 1 heterocycles. The standard InChI is InChI=1S/C15H33N3/c1-12(2)16-9-13(3)14(4)18(6)11-15-7-8-17(5)10-15/h12-16H,7-11H2,1-6H3. The molecule has 1 saturated heterocycles. The van der Waals surface area contributed by atoms with Gasteiger partial charge in [-0.25, -0.2) is 0 Å². The van der Waals surface area contributed by atoms with Crippen LogP contribution in [0.4, 0.5) is 0 Å². The summed E-state index contributed by atoms with van der Waals surface area (Å²) < 4.78 is 0. The van der Waals surface area contributed by atoms with E-state index >= 15 is 0 Å². The van der Waals surface area contributed by atoms with Crippen LogP contribution in [0.5, 0.6) is 0 Å². The third-order valence-electron chi connectivity index (χ3n) is 4.40. The molecule has 1 rings (SSSR count). The smallest absolute Gasteiger partial charge is 0.0102 e. The second-order valence-corrected chi connectivity index (χ2v) is 6.64. The third-order valence-corrected chi connectivity index (χ3v) is 4.40. The fourth-order valence-corrected chi connectivity index (χ4v) is 2.78. The molecular weight excluding hydrogens is 222 g/mol. The van der Waals surface area contributed by atoms with Crippen LogP contribution in [-0.2, 0) is 0 Å². The summed E-state index contributed by atoms with van der Waals surface area (Å²) in [6.07, 6.45) is 1.37. The topological polar surface area (TPSA) is 18.5 Å². The fraction of sp³-hybridized carbons (Fsp3) is 1.00. The quantitative estimate of drug-likeness (QED) is 0.749. The van der Waals surface area contributed by atoms with Crippen LogP contribution >= 0.6 is 0 Å². The molecule has 0 spiro atoms. The molecule has 0 amide bonds. The SMILES string of the molecule is CC(C)NCC(C)C(C)N(C)CC1CCN(C)C1. The lowest BCUT2D eigenvalue weighted by atomic mass is 10.00. The van der Waals surface area contributed by atoms with Crippen LogP contribution in [-0.4, -0.2) is 62.2 Å². The Morgan fingerprint density at radius 1 is 1.28 bits per heavy atom. The highest BCUT2D eigenvalue weighted by Gasteiger charge is 2.24. The van der Waals surface area contributed by atoms with E-state index in [1.165, 1.54) is 26.1 Å². The Balaban J connectivity index is 2.28. The lowest BCUT2D eigenvalue weighted by Crippen LogP contribution is -2.42. The van der Waals surface area contributed by atoms with Crippen LogP contribution in [0.25, 0.3) is 0 Å². The second-order valence-electron chi connectivity index (χ2n) is 6.64. The third kappa shape index (κ3) is 5.25. The number of hydrogen-bond donors (Lipinski definition) is 1. The molecule has 3 atom stereocenters. The van der Waals surface area contributed by atoms with E-state index < -0.39 is 0 Å². The number of nitrogens with zero attached hydrogens (tertiary/aromatic N) is 2. The van der Waals surface area contributed by atoms with E-state index in [4.69, 9.17) is 0 Å². The van der Waals surface area contributed by atoms with Crippen molar-refractivity contribution >= 4 is 0 Å². The van der Waals surface area contributed by atoms with Gasteiger partial charge in [-0.05, 0) is 52.4 Å². The van der Waals surface area contributed by atoms with Crippen LogP contribution < -0.4 is 5.32 Å². The van der Waals surface area contributed by atoms with Crippen molar-refractivity contribution in [3.05, 3.63) is 0 Å². The maximum Gasteiger partial charge on any atom is 0.0102 e. The normalized spacial score (nSPS) is 25.0. The molecule has 1 aliphatic heterocycles. The fourth-order valence-electron chi connectivity index (χ4n) is 2.78. The molecule has 0 aliphatic carbocycles. The maximum absolute atomic E-state index is 3.55. The predicted molar refractivity (Wildman–Crippen MR) is 80.0 cm³/mol. The van der Waals surface area contributed by atoms with Crippen molar-refractivity contribution in [2.24, 2.45) is 11.8 Å². The molecule has 3 heteroatoms. The molecule has 1 aliphatic rings. The van der Waals surface area contributed by atoms with Crippen LogP contribution in [0.2, 0.25) is 0 Å². The first kappa shape index (κ1) is 15.9. The van der Waals surface area contributed by atoms with Crippen LogP contribution in [0.15, 0.2) is 0 Å². The Kier molecular flexibility index (Phi) is 6.61. The van der Waals surface area contributed by atoms with Gasteiger partial charge < -0.3 is 15.1 Å². The van der Waals surface area contributed by atoms with Crippen molar-refractivity contribution in [1.82, 2.24) is 15.1 Å². The minimum Gasteiger partial charge on any atom is -0.314 e. The first-order chi connectivity index (χ1) is 8.40. The van der Waals surface area contributed by atoms with Gasteiger partial charge in [-0.1, -0.05) is 20.8 Å². The summed E-state index contributed by atoms with van der Waals surface area (Å²) in [4.78, 5) is 5.00. The maximum atomic E-state index is 3.55. The summed E-state index contributed by atoms with van der Waals surface area (Å²) in [6.45, 7) is 14.1. The van der Waals surface area contributed by atoms with E-state index in [9.17, 15) is 0 Å². The van der Waals surface area contributed by atoms with E-state index in [0.29, 0.717) is 18.0 Å². The first-order valence-corrected chi connectivity index (χ1v) is 7.52. The van der Waals surface area contributed by atoms with Crippen LogP contribution in [0.1, 0.15) is 34.1 Å². The highest BCUT2D eigenvalue weighted by atomic mass is 15.2. The van der Waals surface area contributed by atoms with Crippen LogP contribution in [0.3, 0.4) is 0 Å². The van der Waals surface area contributed by atoms with Crippen molar-refractivity contribution in [2.75, 3.05) is 40.3 Å². The Morgan fingerprint density at radius 2 is 1.94 bits per heavy atom. The number of rotatable bonds is 7. The van der Waals surface area contributed by atoms with E-state index in [2.05, 4.69) is 56.9 Å². The van der Waals surface area contributed by atoms with Crippen molar-refractivity contribution < 1.29 is 0 Å². The number of nitrogens with one attached hydrogen (secondary N) is 1. The summed E-state index contributed by atoms with van der Waals surface area (Å²) in [5.41, 5.74) is 0. The average Bonchev–Trinajstić information content (AvgIpc) is 2.70. The zero-order chi connectivity index (χ0) is 13.7. The molecule has 3 nitrogen and oxygen atoms in total.